The third kappa shape index (κ3) is 2.43. The average molecular weight is 263 g/mol. The second-order valence-electron chi connectivity index (χ2n) is 3.66. The maximum atomic E-state index is 11.4. The second-order valence-corrected chi connectivity index (χ2v) is 4.10. The van der Waals surface area contributed by atoms with Crippen molar-refractivity contribution in [1.29, 1.82) is 0 Å². The Kier molecular flexibility index (Phi) is 3.48. The zero-order valence-electron chi connectivity index (χ0n) is 9.68. The number of nitrogen functional groups attached to an aromatic ring is 1. The lowest BCUT2D eigenvalue weighted by Crippen LogP contribution is -2.04. The van der Waals surface area contributed by atoms with Crippen molar-refractivity contribution in [3.05, 3.63) is 47.1 Å². The highest BCUT2D eigenvalue weighted by molar-refractivity contribution is 6.30. The number of nitrogens with zero attached hydrogens (tertiary/aromatic N) is 1. The zero-order chi connectivity index (χ0) is 13.1. The van der Waals surface area contributed by atoms with E-state index in [9.17, 15) is 4.79 Å². The number of ether oxygens (including phenoxy) is 1. The molecule has 0 aliphatic carbocycles. The van der Waals surface area contributed by atoms with Gasteiger partial charge in [-0.1, -0.05) is 23.7 Å². The number of rotatable bonds is 2. The molecule has 1 aromatic heterocycles. The second kappa shape index (κ2) is 5.06. The molecule has 0 saturated carbocycles. The van der Waals surface area contributed by atoms with Crippen molar-refractivity contribution in [2.75, 3.05) is 12.8 Å². The number of esters is 1. The van der Waals surface area contributed by atoms with Gasteiger partial charge in [-0.15, -0.1) is 0 Å². The molecule has 0 bridgehead atoms. The Hall–Kier alpha value is -2.07. The van der Waals surface area contributed by atoms with Crippen molar-refractivity contribution in [2.24, 2.45) is 0 Å². The normalized spacial score (nSPS) is 10.1. The summed E-state index contributed by atoms with van der Waals surface area (Å²) in [6.45, 7) is 0. The predicted molar refractivity (Wildman–Crippen MR) is 70.4 cm³/mol. The quantitative estimate of drug-likeness (QED) is 0.845. The lowest BCUT2D eigenvalue weighted by Gasteiger charge is -2.07. The van der Waals surface area contributed by atoms with E-state index in [0.29, 0.717) is 22.0 Å². The van der Waals surface area contributed by atoms with E-state index in [1.165, 1.54) is 13.3 Å². The summed E-state index contributed by atoms with van der Waals surface area (Å²) in [5, 5.41) is 0.593. The molecule has 0 saturated heterocycles. The summed E-state index contributed by atoms with van der Waals surface area (Å²) in [6, 6.07) is 8.82. The number of anilines is 1. The van der Waals surface area contributed by atoms with E-state index in [0.717, 1.165) is 5.56 Å². The lowest BCUT2D eigenvalue weighted by atomic mass is 10.0. The van der Waals surface area contributed by atoms with Gasteiger partial charge in [-0.05, 0) is 23.8 Å². The molecule has 0 aliphatic rings. The molecule has 0 atom stereocenters. The van der Waals surface area contributed by atoms with E-state index in [1.54, 1.807) is 18.2 Å². The van der Waals surface area contributed by atoms with E-state index < -0.39 is 5.97 Å². The Labute approximate surface area is 109 Å². The number of halogens is 1. The standard InChI is InChI=1S/C13H11ClN2O2/c1-18-13(17)9-6-11(12(15)16-7-9)8-3-2-4-10(14)5-8/h2-7H,1H3,(H2,15,16). The predicted octanol–water partition coefficient (Wildman–Crippen LogP) is 2.77. The molecule has 2 rings (SSSR count). The van der Waals surface area contributed by atoms with Gasteiger partial charge in [0, 0.05) is 16.8 Å². The number of nitrogens with two attached hydrogens (primary N) is 1. The Morgan fingerprint density at radius 1 is 1.39 bits per heavy atom. The maximum Gasteiger partial charge on any atom is 0.339 e. The molecule has 92 valence electrons. The van der Waals surface area contributed by atoms with Crippen molar-refractivity contribution >= 4 is 23.4 Å². The molecule has 4 nitrogen and oxygen atoms in total. The number of hydrogen-bond donors (Lipinski definition) is 1. The van der Waals surface area contributed by atoms with Gasteiger partial charge in [0.15, 0.2) is 0 Å². The van der Waals surface area contributed by atoms with E-state index >= 15 is 0 Å². The van der Waals surface area contributed by atoms with Crippen molar-refractivity contribution in [3.63, 3.8) is 0 Å². The third-order valence-electron chi connectivity index (χ3n) is 2.48. The topological polar surface area (TPSA) is 65.2 Å². The van der Waals surface area contributed by atoms with Gasteiger partial charge in [0.1, 0.15) is 5.82 Å². The molecule has 0 aliphatic heterocycles. The molecule has 5 heteroatoms. The van der Waals surface area contributed by atoms with Gasteiger partial charge >= 0.3 is 5.97 Å². The summed E-state index contributed by atoms with van der Waals surface area (Å²) in [4.78, 5) is 15.4. The SMILES string of the molecule is COC(=O)c1cnc(N)c(-c2cccc(Cl)c2)c1. The van der Waals surface area contributed by atoms with E-state index in [2.05, 4.69) is 9.72 Å². The molecule has 0 fully saturated rings. The third-order valence-corrected chi connectivity index (χ3v) is 2.71. The van der Waals surface area contributed by atoms with Crippen LogP contribution in [0.25, 0.3) is 11.1 Å². The first-order chi connectivity index (χ1) is 8.61. The highest BCUT2D eigenvalue weighted by Crippen LogP contribution is 2.27. The van der Waals surface area contributed by atoms with Crippen molar-refractivity contribution < 1.29 is 9.53 Å². The van der Waals surface area contributed by atoms with Crippen LogP contribution in [0.4, 0.5) is 5.82 Å². The largest absolute Gasteiger partial charge is 0.465 e. The average Bonchev–Trinajstić information content (AvgIpc) is 2.38. The number of benzene rings is 1. The molecular formula is C13H11ClN2O2. The fraction of sp³-hybridized carbons (Fsp3) is 0.0769. The first-order valence-electron chi connectivity index (χ1n) is 5.21. The van der Waals surface area contributed by atoms with Crippen molar-refractivity contribution in [3.8, 4) is 11.1 Å². The molecule has 18 heavy (non-hydrogen) atoms. The fourth-order valence-corrected chi connectivity index (χ4v) is 1.78. The van der Waals surface area contributed by atoms with Gasteiger partial charge in [-0.3, -0.25) is 0 Å². The molecule has 0 radical (unpaired) electrons. The van der Waals surface area contributed by atoms with Crippen LogP contribution in [0.5, 0.6) is 0 Å². The maximum absolute atomic E-state index is 11.4. The Morgan fingerprint density at radius 2 is 2.17 bits per heavy atom. The molecule has 0 spiro atoms. The summed E-state index contributed by atoms with van der Waals surface area (Å²) in [7, 11) is 1.32. The number of carbonyl (C=O) groups excluding carboxylic acids is 1. The van der Waals surface area contributed by atoms with Crippen molar-refractivity contribution in [1.82, 2.24) is 4.98 Å². The van der Waals surface area contributed by atoms with Crippen LogP contribution >= 0.6 is 11.6 Å². The van der Waals surface area contributed by atoms with Crippen LogP contribution < -0.4 is 5.73 Å². The number of pyridine rings is 1. The summed E-state index contributed by atoms with van der Waals surface area (Å²) < 4.78 is 4.64. The van der Waals surface area contributed by atoms with E-state index in [4.69, 9.17) is 17.3 Å². The lowest BCUT2D eigenvalue weighted by molar-refractivity contribution is 0.0600. The first-order valence-corrected chi connectivity index (χ1v) is 5.59. The molecular weight excluding hydrogens is 252 g/mol. The minimum Gasteiger partial charge on any atom is -0.465 e. The summed E-state index contributed by atoms with van der Waals surface area (Å²) in [5.74, 6) is -0.115. The highest BCUT2D eigenvalue weighted by Gasteiger charge is 2.11. The molecule has 1 aromatic carbocycles. The number of aromatic nitrogens is 1. The first kappa shape index (κ1) is 12.4. The van der Waals surface area contributed by atoms with Crippen molar-refractivity contribution in [2.45, 2.75) is 0 Å². The minimum atomic E-state index is -0.453. The smallest absolute Gasteiger partial charge is 0.339 e. The van der Waals surface area contributed by atoms with Crippen LogP contribution in [-0.4, -0.2) is 18.1 Å². The van der Waals surface area contributed by atoms with Gasteiger partial charge in [0.25, 0.3) is 0 Å². The number of carbonyl (C=O) groups is 1. The van der Waals surface area contributed by atoms with Gasteiger partial charge in [-0.2, -0.15) is 0 Å². The Morgan fingerprint density at radius 3 is 2.83 bits per heavy atom. The number of methoxy groups -OCH3 is 1. The molecule has 0 unspecified atom stereocenters. The highest BCUT2D eigenvalue weighted by atomic mass is 35.5. The minimum absolute atomic E-state index is 0.338. The Balaban J connectivity index is 2.53. The van der Waals surface area contributed by atoms with Crippen LogP contribution in [0.2, 0.25) is 5.02 Å². The Bertz CT molecular complexity index is 599. The molecule has 1 heterocycles. The summed E-state index contributed by atoms with van der Waals surface area (Å²) in [6.07, 6.45) is 1.38. The van der Waals surface area contributed by atoms with Crippen LogP contribution in [0.15, 0.2) is 36.5 Å². The zero-order valence-corrected chi connectivity index (χ0v) is 10.4. The van der Waals surface area contributed by atoms with Crippen LogP contribution in [0.3, 0.4) is 0 Å². The van der Waals surface area contributed by atoms with Crippen LogP contribution in [-0.2, 0) is 4.74 Å². The molecule has 2 aromatic rings. The van der Waals surface area contributed by atoms with E-state index in [1.807, 2.05) is 12.1 Å². The van der Waals surface area contributed by atoms with Gasteiger partial charge in [0.2, 0.25) is 0 Å². The van der Waals surface area contributed by atoms with Gasteiger partial charge in [-0.25, -0.2) is 9.78 Å². The number of hydrogen-bond acceptors (Lipinski definition) is 4. The molecule has 0 amide bonds. The van der Waals surface area contributed by atoms with E-state index in [-0.39, 0.29) is 0 Å². The fourth-order valence-electron chi connectivity index (χ4n) is 1.59. The van der Waals surface area contributed by atoms with Crippen LogP contribution in [0, 0.1) is 0 Å². The van der Waals surface area contributed by atoms with Gasteiger partial charge < -0.3 is 10.5 Å². The monoisotopic (exact) mass is 262 g/mol. The van der Waals surface area contributed by atoms with Crippen LogP contribution in [0.1, 0.15) is 10.4 Å². The summed E-state index contributed by atoms with van der Waals surface area (Å²) in [5.41, 5.74) is 7.61. The van der Waals surface area contributed by atoms with Gasteiger partial charge in [0.05, 0.1) is 12.7 Å². The summed E-state index contributed by atoms with van der Waals surface area (Å²) >= 11 is 5.92. The molecule has 2 N–H and O–H groups in total.